The van der Waals surface area contributed by atoms with Gasteiger partial charge in [0.25, 0.3) is 0 Å². The van der Waals surface area contributed by atoms with Gasteiger partial charge in [-0.2, -0.15) is 0 Å². The van der Waals surface area contributed by atoms with E-state index < -0.39 is 23.2 Å². The molecule has 1 atom stereocenters. The molecular formula is C27H27Cl2NZr. The van der Waals surface area contributed by atoms with Crippen molar-refractivity contribution in [1.29, 1.82) is 0 Å². The Morgan fingerprint density at radius 2 is 1.48 bits per heavy atom. The third kappa shape index (κ3) is 3.47. The summed E-state index contributed by atoms with van der Waals surface area (Å²) >= 11 is -1.09. The van der Waals surface area contributed by atoms with Crippen LogP contribution in [0.3, 0.4) is 0 Å². The Labute approximate surface area is 209 Å². The normalized spacial score (nSPS) is 21.1. The van der Waals surface area contributed by atoms with Crippen molar-refractivity contribution in [1.82, 2.24) is 4.57 Å². The van der Waals surface area contributed by atoms with Crippen molar-refractivity contribution in [3.8, 4) is 0 Å². The molecule has 31 heavy (non-hydrogen) atoms. The van der Waals surface area contributed by atoms with E-state index in [0.29, 0.717) is 0 Å². The van der Waals surface area contributed by atoms with E-state index in [-0.39, 0.29) is 33.5 Å². The first-order valence-electron chi connectivity index (χ1n) is 10.4. The molecule has 2 aliphatic rings. The maximum Gasteiger partial charge on any atom is -1.00 e. The zero-order valence-corrected chi connectivity index (χ0v) is 22.6. The fraction of sp³-hybridized carbons (Fsp3) is 0.259. The van der Waals surface area contributed by atoms with Crippen molar-refractivity contribution in [2.75, 3.05) is 0 Å². The van der Waals surface area contributed by atoms with Gasteiger partial charge in [-0.25, -0.2) is 0 Å². The number of para-hydroxylation sites is 1. The van der Waals surface area contributed by atoms with Gasteiger partial charge in [0.05, 0.1) is 0 Å². The first-order chi connectivity index (χ1) is 13.9. The molecule has 1 aromatic heterocycles. The molecule has 0 aliphatic heterocycles. The Morgan fingerprint density at radius 1 is 0.806 bits per heavy atom. The molecule has 1 nitrogen and oxygen atoms in total. The molecule has 2 aromatic carbocycles. The second-order valence-electron chi connectivity index (χ2n) is 8.93. The van der Waals surface area contributed by atoms with E-state index in [2.05, 4.69) is 112 Å². The number of nitrogens with zero attached hydrogens (tertiary/aromatic N) is 1. The number of benzene rings is 2. The van der Waals surface area contributed by atoms with Crippen molar-refractivity contribution < 1.29 is 48.0 Å². The molecule has 0 saturated heterocycles. The van der Waals surface area contributed by atoms with Crippen LogP contribution < -0.4 is 24.8 Å². The van der Waals surface area contributed by atoms with E-state index in [1.165, 1.54) is 27.6 Å². The van der Waals surface area contributed by atoms with E-state index >= 15 is 0 Å². The molecule has 158 valence electrons. The van der Waals surface area contributed by atoms with Crippen molar-refractivity contribution in [2.45, 2.75) is 37.9 Å². The van der Waals surface area contributed by atoms with Gasteiger partial charge in [-0.1, -0.05) is 0 Å². The van der Waals surface area contributed by atoms with Gasteiger partial charge in [-0.3, -0.25) is 0 Å². The number of hydrogen-bond donors (Lipinski definition) is 0. The monoisotopic (exact) mass is 525 g/mol. The summed E-state index contributed by atoms with van der Waals surface area (Å²) in [5.41, 5.74) is 8.97. The standard InChI is InChI=1S/C17H12N.C10H15.2ClH.Zr/c1-3-7-15-13(5-1)9-10-17(15)18-12-11-14-6-2-4-8-16(14)18;1-7-6-10(4,5)9(3)8(7)2;;;/h1-12H;1-5H3;2*1H;/q;;;;+2/p-2. The van der Waals surface area contributed by atoms with Gasteiger partial charge >= 0.3 is 186 Å². The van der Waals surface area contributed by atoms with Crippen LogP contribution in [-0.4, -0.2) is 4.57 Å². The first kappa shape index (κ1) is 24.3. The average Bonchev–Trinajstić information content (AvgIpc) is 3.36. The molecule has 0 radical (unpaired) electrons. The van der Waals surface area contributed by atoms with Crippen LogP contribution in [0.5, 0.6) is 0 Å². The summed E-state index contributed by atoms with van der Waals surface area (Å²) in [6.07, 6.45) is 7.19. The van der Waals surface area contributed by atoms with Crippen LogP contribution in [0.2, 0.25) is 0 Å². The van der Waals surface area contributed by atoms with Crippen LogP contribution in [-0.2, 0) is 26.5 Å². The van der Waals surface area contributed by atoms with Crippen molar-refractivity contribution in [2.24, 2.45) is 5.41 Å². The van der Waals surface area contributed by atoms with Gasteiger partial charge < -0.3 is 24.8 Å². The molecule has 0 N–H and O–H groups in total. The molecule has 1 unspecified atom stereocenters. The number of allylic oxidation sites excluding steroid dienone is 5. The Hall–Kier alpha value is -1.34. The molecule has 2 aliphatic carbocycles. The van der Waals surface area contributed by atoms with Crippen molar-refractivity contribution in [3.63, 3.8) is 0 Å². The van der Waals surface area contributed by atoms with Crippen LogP contribution in [0.25, 0.3) is 17.0 Å². The summed E-state index contributed by atoms with van der Waals surface area (Å²) in [6.45, 7) is 11.9. The molecule has 4 heteroatoms. The summed E-state index contributed by atoms with van der Waals surface area (Å²) in [7, 11) is 0. The predicted octanol–water partition coefficient (Wildman–Crippen LogP) is 1.11. The Balaban J connectivity index is 0.00000136. The minimum atomic E-state index is -1.09. The Kier molecular flexibility index (Phi) is 6.70. The number of fused-ring (bicyclic) bond motifs is 2. The third-order valence-electron chi connectivity index (χ3n) is 7.23. The van der Waals surface area contributed by atoms with Crippen molar-refractivity contribution in [3.05, 3.63) is 98.0 Å². The maximum absolute atomic E-state index is 2.58. The Bertz CT molecular complexity index is 1240. The van der Waals surface area contributed by atoms with Crippen LogP contribution in [0.15, 0.2) is 86.9 Å². The topological polar surface area (TPSA) is 4.93 Å². The third-order valence-corrected chi connectivity index (χ3v) is 12.9. The van der Waals surface area contributed by atoms with Crippen LogP contribution in [0.4, 0.5) is 0 Å². The number of halogens is 2. The zero-order chi connectivity index (χ0) is 20.4. The molecule has 3 aromatic rings. The molecule has 0 saturated carbocycles. The quantitative estimate of drug-likeness (QED) is 0.481. The SMILES string of the molecule is CC1=C(C)C(C)(C)[C]([Zr+2][C]2(n3ccc4ccccc43)C=Cc3ccccc32)=C1C.[Cl-].[Cl-]. The van der Waals surface area contributed by atoms with E-state index in [4.69, 9.17) is 0 Å². The van der Waals surface area contributed by atoms with Gasteiger partial charge in [0, 0.05) is 0 Å². The Morgan fingerprint density at radius 3 is 2.19 bits per heavy atom. The average molecular weight is 528 g/mol. The molecule has 0 spiro atoms. The summed E-state index contributed by atoms with van der Waals surface area (Å²) in [4.78, 5) is 0. The molecular weight excluding hydrogens is 500 g/mol. The van der Waals surface area contributed by atoms with Gasteiger partial charge in [-0.15, -0.1) is 0 Å². The summed E-state index contributed by atoms with van der Waals surface area (Å²) in [6, 6.07) is 20.1. The van der Waals surface area contributed by atoms with Crippen molar-refractivity contribution >= 4 is 17.0 Å². The number of hydrogen-bond acceptors (Lipinski definition) is 0. The van der Waals surface area contributed by atoms with Gasteiger partial charge in [0.15, 0.2) is 0 Å². The zero-order valence-electron chi connectivity index (χ0n) is 18.6. The summed E-state index contributed by atoms with van der Waals surface area (Å²) in [5, 5.41) is 1.32. The van der Waals surface area contributed by atoms with Gasteiger partial charge in [0.2, 0.25) is 0 Å². The maximum atomic E-state index is 2.58. The molecule has 0 bridgehead atoms. The van der Waals surface area contributed by atoms with Crippen LogP contribution >= 0.6 is 0 Å². The first-order valence-corrected chi connectivity index (χ1v) is 12.9. The molecule has 5 rings (SSSR count). The molecule has 0 amide bonds. The van der Waals surface area contributed by atoms with E-state index in [1.54, 1.807) is 14.4 Å². The fourth-order valence-corrected chi connectivity index (χ4v) is 10.3. The smallest absolute Gasteiger partial charge is 1.00 e. The fourth-order valence-electron chi connectivity index (χ4n) is 5.09. The van der Waals surface area contributed by atoms with E-state index in [1.807, 2.05) is 0 Å². The van der Waals surface area contributed by atoms with E-state index in [9.17, 15) is 0 Å². The minimum absolute atomic E-state index is 0. The molecule has 0 fully saturated rings. The van der Waals surface area contributed by atoms with Gasteiger partial charge in [-0.05, 0) is 0 Å². The van der Waals surface area contributed by atoms with E-state index in [0.717, 1.165) is 0 Å². The van der Waals surface area contributed by atoms with Gasteiger partial charge in [0.1, 0.15) is 0 Å². The second-order valence-corrected chi connectivity index (χ2v) is 12.6. The number of rotatable bonds is 3. The summed E-state index contributed by atoms with van der Waals surface area (Å²) < 4.78 is 4.29. The number of aromatic nitrogens is 1. The summed E-state index contributed by atoms with van der Waals surface area (Å²) in [5.74, 6) is 0. The van der Waals surface area contributed by atoms with Crippen LogP contribution in [0, 0.1) is 5.41 Å². The predicted molar refractivity (Wildman–Crippen MR) is 119 cm³/mol. The minimum Gasteiger partial charge on any atom is -1.00 e. The van der Waals surface area contributed by atoms with Crippen LogP contribution in [0.1, 0.15) is 45.7 Å². The second kappa shape index (κ2) is 8.55. The largest absolute Gasteiger partial charge is 1.00 e. The molecule has 1 heterocycles.